The van der Waals surface area contributed by atoms with E-state index in [1.165, 1.54) is 13.2 Å². The second-order valence-electron chi connectivity index (χ2n) is 6.26. The molecule has 2 heterocycles. The Hall–Kier alpha value is -1.83. The number of sulfonamides is 1. The monoisotopic (exact) mass is 395 g/mol. The van der Waals surface area contributed by atoms with Crippen molar-refractivity contribution in [2.75, 3.05) is 31.6 Å². The van der Waals surface area contributed by atoms with Crippen LogP contribution in [0.25, 0.3) is 0 Å². The number of para-hydroxylation sites is 1. The second-order valence-corrected chi connectivity index (χ2v) is 8.55. The van der Waals surface area contributed by atoms with E-state index in [1.54, 1.807) is 12.1 Å². The Morgan fingerprint density at radius 2 is 2.12 bits per heavy atom. The van der Waals surface area contributed by atoms with Crippen molar-refractivity contribution in [1.29, 1.82) is 0 Å². The van der Waals surface area contributed by atoms with Crippen LogP contribution in [0.5, 0.6) is 5.75 Å². The molecule has 8 heteroatoms. The van der Waals surface area contributed by atoms with Gasteiger partial charge in [-0.25, -0.2) is 18.1 Å². The largest absolute Gasteiger partial charge is 0.492 e. The van der Waals surface area contributed by atoms with Gasteiger partial charge in [-0.3, -0.25) is 0 Å². The number of halogens is 1. The first-order chi connectivity index (χ1) is 12.5. The van der Waals surface area contributed by atoms with E-state index < -0.39 is 10.0 Å². The van der Waals surface area contributed by atoms with Crippen LogP contribution in [0.2, 0.25) is 5.02 Å². The summed E-state index contributed by atoms with van der Waals surface area (Å²) in [6, 6.07) is 10.8. The summed E-state index contributed by atoms with van der Waals surface area (Å²) in [4.78, 5) is 6.66. The number of aromatic nitrogens is 1. The number of hydrogen-bond donors (Lipinski definition) is 1. The molecule has 0 saturated carbocycles. The summed E-state index contributed by atoms with van der Waals surface area (Å²) < 4.78 is 31.8. The fourth-order valence-corrected chi connectivity index (χ4v) is 3.88. The fraction of sp³-hybridized carbons (Fsp3) is 0.389. The molecule has 3 rings (SSSR count). The number of benzene rings is 1. The Morgan fingerprint density at radius 3 is 2.81 bits per heavy atom. The standard InChI is InChI=1S/C18H22ClN3O3S/c1-20-26(23,24)15-8-9-18(21-11-15)22-10-4-5-14(12-22)13-25-17-7-3-2-6-16(17)19/h2-3,6-9,11,14,20H,4-5,10,12-13H2,1H3. The third-order valence-corrected chi connectivity index (χ3v) is 6.17. The highest BCUT2D eigenvalue weighted by molar-refractivity contribution is 7.89. The number of hydrogen-bond acceptors (Lipinski definition) is 5. The third kappa shape index (κ3) is 4.47. The van der Waals surface area contributed by atoms with Gasteiger partial charge >= 0.3 is 0 Å². The zero-order chi connectivity index (χ0) is 18.6. The Labute approximate surface area is 159 Å². The van der Waals surface area contributed by atoms with Crippen LogP contribution in [-0.4, -0.2) is 40.1 Å². The Morgan fingerprint density at radius 1 is 1.31 bits per heavy atom. The van der Waals surface area contributed by atoms with Crippen molar-refractivity contribution >= 4 is 27.4 Å². The van der Waals surface area contributed by atoms with Gasteiger partial charge in [-0.2, -0.15) is 0 Å². The highest BCUT2D eigenvalue weighted by Crippen LogP contribution is 2.26. The van der Waals surface area contributed by atoms with Crippen LogP contribution in [0.4, 0.5) is 5.82 Å². The first-order valence-electron chi connectivity index (χ1n) is 8.51. The molecule has 1 aromatic carbocycles. The fourth-order valence-electron chi connectivity index (χ4n) is 3.01. The maximum Gasteiger partial charge on any atom is 0.241 e. The number of nitrogens with zero attached hydrogens (tertiary/aromatic N) is 2. The molecule has 0 bridgehead atoms. The minimum absolute atomic E-state index is 0.166. The van der Waals surface area contributed by atoms with E-state index in [9.17, 15) is 8.42 Å². The maximum atomic E-state index is 11.8. The first kappa shape index (κ1) is 18.9. The molecule has 0 radical (unpaired) electrons. The van der Waals surface area contributed by atoms with Crippen LogP contribution in [0.1, 0.15) is 12.8 Å². The van der Waals surface area contributed by atoms with E-state index in [0.717, 1.165) is 31.7 Å². The third-order valence-electron chi connectivity index (χ3n) is 4.45. The molecule has 1 unspecified atom stereocenters. The first-order valence-corrected chi connectivity index (χ1v) is 10.4. The topological polar surface area (TPSA) is 71.5 Å². The van der Waals surface area contributed by atoms with Crippen LogP contribution in [-0.2, 0) is 10.0 Å². The van der Waals surface area contributed by atoms with Gasteiger partial charge in [-0.15, -0.1) is 0 Å². The number of rotatable bonds is 6. The summed E-state index contributed by atoms with van der Waals surface area (Å²) in [5, 5.41) is 0.614. The van der Waals surface area contributed by atoms with Gasteiger partial charge in [0.05, 0.1) is 11.6 Å². The van der Waals surface area contributed by atoms with Gasteiger partial charge in [0.25, 0.3) is 0 Å². The summed E-state index contributed by atoms with van der Waals surface area (Å²) >= 11 is 6.13. The molecule has 1 N–H and O–H groups in total. The molecule has 0 aliphatic carbocycles. The molecule has 1 saturated heterocycles. The van der Waals surface area contributed by atoms with Gasteiger partial charge in [0.2, 0.25) is 10.0 Å². The van der Waals surface area contributed by atoms with Crippen LogP contribution < -0.4 is 14.4 Å². The Bertz CT molecular complexity index is 843. The lowest BCUT2D eigenvalue weighted by Gasteiger charge is -2.33. The smallest absolute Gasteiger partial charge is 0.241 e. The lowest BCUT2D eigenvalue weighted by molar-refractivity contribution is 0.228. The minimum atomic E-state index is -3.46. The molecular formula is C18H22ClN3O3S. The molecule has 0 spiro atoms. The van der Waals surface area contributed by atoms with Gasteiger partial charge in [0, 0.05) is 25.2 Å². The molecule has 1 fully saturated rings. The Balaban J connectivity index is 1.62. The zero-order valence-corrected chi connectivity index (χ0v) is 16.1. The molecule has 6 nitrogen and oxygen atoms in total. The van der Waals surface area contributed by atoms with E-state index in [0.29, 0.717) is 23.3 Å². The van der Waals surface area contributed by atoms with Crippen molar-refractivity contribution in [1.82, 2.24) is 9.71 Å². The van der Waals surface area contributed by atoms with Gasteiger partial charge in [0.15, 0.2) is 0 Å². The van der Waals surface area contributed by atoms with Crippen molar-refractivity contribution < 1.29 is 13.2 Å². The molecule has 1 aliphatic heterocycles. The van der Waals surface area contributed by atoms with E-state index in [-0.39, 0.29) is 4.90 Å². The van der Waals surface area contributed by atoms with Gasteiger partial charge in [0.1, 0.15) is 16.5 Å². The zero-order valence-electron chi connectivity index (χ0n) is 14.6. The lowest BCUT2D eigenvalue weighted by atomic mass is 9.99. The van der Waals surface area contributed by atoms with Crippen LogP contribution in [0, 0.1) is 5.92 Å². The van der Waals surface area contributed by atoms with Crippen LogP contribution >= 0.6 is 11.6 Å². The molecular weight excluding hydrogens is 374 g/mol. The highest BCUT2D eigenvalue weighted by atomic mass is 35.5. The average molecular weight is 396 g/mol. The molecule has 140 valence electrons. The van der Waals surface area contributed by atoms with Crippen molar-refractivity contribution in [3.63, 3.8) is 0 Å². The summed E-state index contributed by atoms with van der Waals surface area (Å²) in [6.45, 7) is 2.30. The van der Waals surface area contributed by atoms with Crippen molar-refractivity contribution in [2.45, 2.75) is 17.7 Å². The predicted molar refractivity (Wildman–Crippen MR) is 102 cm³/mol. The number of piperidine rings is 1. The number of ether oxygens (including phenoxy) is 1. The quantitative estimate of drug-likeness (QED) is 0.814. The average Bonchev–Trinajstić information content (AvgIpc) is 2.68. The van der Waals surface area contributed by atoms with Gasteiger partial charge in [-0.05, 0) is 44.2 Å². The number of anilines is 1. The molecule has 0 amide bonds. The molecule has 26 heavy (non-hydrogen) atoms. The number of pyridine rings is 1. The van der Waals surface area contributed by atoms with E-state index in [2.05, 4.69) is 14.6 Å². The molecule has 1 aliphatic rings. The van der Waals surface area contributed by atoms with E-state index >= 15 is 0 Å². The van der Waals surface area contributed by atoms with Crippen molar-refractivity contribution in [2.24, 2.45) is 5.92 Å². The van der Waals surface area contributed by atoms with E-state index in [1.807, 2.05) is 24.3 Å². The van der Waals surface area contributed by atoms with E-state index in [4.69, 9.17) is 16.3 Å². The maximum absolute atomic E-state index is 11.8. The number of nitrogens with one attached hydrogen (secondary N) is 1. The summed E-state index contributed by atoms with van der Waals surface area (Å²) in [6.07, 6.45) is 3.51. The van der Waals surface area contributed by atoms with Gasteiger partial charge in [-0.1, -0.05) is 23.7 Å². The van der Waals surface area contributed by atoms with Crippen molar-refractivity contribution in [3.8, 4) is 5.75 Å². The lowest BCUT2D eigenvalue weighted by Crippen LogP contribution is -2.38. The summed E-state index contributed by atoms with van der Waals surface area (Å²) in [7, 11) is -2.08. The minimum Gasteiger partial charge on any atom is -0.492 e. The highest BCUT2D eigenvalue weighted by Gasteiger charge is 2.22. The summed E-state index contributed by atoms with van der Waals surface area (Å²) in [5.41, 5.74) is 0. The van der Waals surface area contributed by atoms with Gasteiger partial charge < -0.3 is 9.64 Å². The van der Waals surface area contributed by atoms with Crippen LogP contribution in [0.3, 0.4) is 0 Å². The SMILES string of the molecule is CNS(=O)(=O)c1ccc(N2CCCC(COc3ccccc3Cl)C2)nc1. The molecule has 1 atom stereocenters. The predicted octanol–water partition coefficient (Wildman–Crippen LogP) is 2.94. The van der Waals surface area contributed by atoms with Crippen LogP contribution in [0.15, 0.2) is 47.5 Å². The molecule has 2 aromatic rings. The molecule has 1 aromatic heterocycles. The second kappa shape index (κ2) is 8.24. The summed E-state index contributed by atoms with van der Waals surface area (Å²) in [5.74, 6) is 1.84. The Kier molecular flexibility index (Phi) is 6.01. The normalized spacial score (nSPS) is 17.9. The van der Waals surface area contributed by atoms with Crippen molar-refractivity contribution in [3.05, 3.63) is 47.6 Å².